The Morgan fingerprint density at radius 1 is 1.12 bits per heavy atom. The fraction of sp³-hybridized carbons (Fsp3) is 0.294. The van der Waals surface area contributed by atoms with Crippen molar-refractivity contribution in [2.45, 2.75) is 25.5 Å². The Bertz CT molecular complexity index is 680. The third-order valence-corrected chi connectivity index (χ3v) is 4.51. The van der Waals surface area contributed by atoms with Crippen LogP contribution in [0.5, 0.6) is 0 Å². The van der Waals surface area contributed by atoms with Gasteiger partial charge in [0.15, 0.2) is 0 Å². The van der Waals surface area contributed by atoms with Crippen molar-refractivity contribution < 1.29 is 14.3 Å². The third kappa shape index (κ3) is 4.56. The van der Waals surface area contributed by atoms with Gasteiger partial charge in [0, 0.05) is 22.9 Å². The van der Waals surface area contributed by atoms with E-state index in [2.05, 4.69) is 16.0 Å². The van der Waals surface area contributed by atoms with Crippen LogP contribution in [0.4, 0.5) is 16.2 Å². The molecular formula is C17H19N3O3S. The van der Waals surface area contributed by atoms with E-state index in [4.69, 9.17) is 4.74 Å². The lowest BCUT2D eigenvalue weighted by atomic mass is 10.2. The quantitative estimate of drug-likeness (QED) is 0.779. The molecule has 3 amide bonds. The largest absolute Gasteiger partial charge is 0.368 e. The van der Waals surface area contributed by atoms with Crippen LogP contribution in [0, 0.1) is 0 Å². The number of rotatable bonds is 5. The standard InChI is InChI=1S/C17H19N3O3S/c21-16(15-4-1-9-23-15)19-12-5-7-13(8-6-12)20-17(22)18-11-14-3-2-10-24-14/h2-3,5-8,10,15H,1,4,9,11H2,(H,19,21)(H2,18,20,22). The molecule has 1 fully saturated rings. The Morgan fingerprint density at radius 3 is 2.50 bits per heavy atom. The molecule has 1 aromatic carbocycles. The molecule has 1 atom stereocenters. The summed E-state index contributed by atoms with van der Waals surface area (Å²) in [5, 5.41) is 10.3. The molecule has 2 aromatic rings. The summed E-state index contributed by atoms with van der Waals surface area (Å²) in [5.74, 6) is -0.123. The number of amides is 3. The maximum Gasteiger partial charge on any atom is 0.319 e. The van der Waals surface area contributed by atoms with Crippen molar-refractivity contribution in [3.63, 3.8) is 0 Å². The normalized spacial score (nSPS) is 16.6. The Hall–Kier alpha value is -2.38. The van der Waals surface area contributed by atoms with Gasteiger partial charge >= 0.3 is 6.03 Å². The number of carbonyl (C=O) groups is 2. The third-order valence-electron chi connectivity index (χ3n) is 3.64. The minimum absolute atomic E-state index is 0.123. The number of ether oxygens (including phenoxy) is 1. The smallest absolute Gasteiger partial charge is 0.319 e. The second-order valence-corrected chi connectivity index (χ2v) is 6.49. The Balaban J connectivity index is 1.46. The summed E-state index contributed by atoms with van der Waals surface area (Å²) in [5.41, 5.74) is 1.34. The lowest BCUT2D eigenvalue weighted by Crippen LogP contribution is -2.28. The fourth-order valence-electron chi connectivity index (χ4n) is 2.40. The Kier molecular flexibility index (Phi) is 5.45. The van der Waals surface area contributed by atoms with Gasteiger partial charge in [0.05, 0.1) is 6.54 Å². The highest BCUT2D eigenvalue weighted by Crippen LogP contribution is 2.17. The molecule has 0 bridgehead atoms. The molecule has 0 saturated carbocycles. The predicted octanol–water partition coefficient (Wildman–Crippen LogP) is 3.19. The molecule has 2 heterocycles. The van der Waals surface area contributed by atoms with E-state index in [1.807, 2.05) is 17.5 Å². The zero-order valence-electron chi connectivity index (χ0n) is 13.1. The van der Waals surface area contributed by atoms with E-state index in [1.54, 1.807) is 35.6 Å². The van der Waals surface area contributed by atoms with Crippen LogP contribution in [-0.4, -0.2) is 24.6 Å². The second-order valence-electron chi connectivity index (χ2n) is 5.46. The second kappa shape index (κ2) is 7.94. The minimum Gasteiger partial charge on any atom is -0.368 e. The summed E-state index contributed by atoms with van der Waals surface area (Å²) in [7, 11) is 0. The van der Waals surface area contributed by atoms with Crippen molar-refractivity contribution in [2.24, 2.45) is 0 Å². The van der Waals surface area contributed by atoms with Gasteiger partial charge in [-0.05, 0) is 48.6 Å². The first-order valence-corrected chi connectivity index (χ1v) is 8.68. The molecule has 1 saturated heterocycles. The van der Waals surface area contributed by atoms with Crippen LogP contribution in [-0.2, 0) is 16.1 Å². The van der Waals surface area contributed by atoms with Gasteiger partial charge in [-0.25, -0.2) is 4.79 Å². The number of anilines is 2. The summed E-state index contributed by atoms with van der Waals surface area (Å²) in [6.45, 7) is 1.14. The summed E-state index contributed by atoms with van der Waals surface area (Å²) in [6.07, 6.45) is 1.32. The van der Waals surface area contributed by atoms with Crippen molar-refractivity contribution >= 4 is 34.6 Å². The highest BCUT2D eigenvalue weighted by atomic mass is 32.1. The van der Waals surface area contributed by atoms with E-state index in [1.165, 1.54) is 0 Å². The maximum absolute atomic E-state index is 12.0. The topological polar surface area (TPSA) is 79.5 Å². The van der Waals surface area contributed by atoms with Crippen LogP contribution >= 0.6 is 11.3 Å². The SMILES string of the molecule is O=C(NCc1cccs1)Nc1ccc(NC(=O)C2CCCO2)cc1. The van der Waals surface area contributed by atoms with E-state index in [9.17, 15) is 9.59 Å². The molecule has 0 radical (unpaired) electrons. The van der Waals surface area contributed by atoms with Gasteiger partial charge in [0.2, 0.25) is 0 Å². The average Bonchev–Trinajstić information content (AvgIpc) is 3.28. The zero-order chi connectivity index (χ0) is 16.8. The lowest BCUT2D eigenvalue weighted by Gasteiger charge is -2.11. The van der Waals surface area contributed by atoms with Crippen LogP contribution in [0.3, 0.4) is 0 Å². The molecule has 1 aliphatic rings. The number of hydrogen-bond acceptors (Lipinski definition) is 4. The maximum atomic E-state index is 12.0. The van der Waals surface area contributed by atoms with Gasteiger partial charge in [0.1, 0.15) is 6.10 Å². The van der Waals surface area contributed by atoms with Gasteiger partial charge in [-0.15, -0.1) is 11.3 Å². The highest BCUT2D eigenvalue weighted by molar-refractivity contribution is 7.09. The number of nitrogens with one attached hydrogen (secondary N) is 3. The van der Waals surface area contributed by atoms with Crippen LogP contribution in [0.1, 0.15) is 17.7 Å². The Labute approximate surface area is 144 Å². The summed E-state index contributed by atoms with van der Waals surface area (Å²) in [4.78, 5) is 24.9. The van der Waals surface area contributed by atoms with E-state index >= 15 is 0 Å². The summed E-state index contributed by atoms with van der Waals surface area (Å²) >= 11 is 1.60. The van der Waals surface area contributed by atoms with Crippen molar-refractivity contribution in [2.75, 3.05) is 17.2 Å². The number of thiophene rings is 1. The number of hydrogen-bond donors (Lipinski definition) is 3. The number of urea groups is 1. The molecule has 126 valence electrons. The first-order valence-electron chi connectivity index (χ1n) is 7.80. The van der Waals surface area contributed by atoms with Gasteiger partial charge < -0.3 is 20.7 Å². The predicted molar refractivity (Wildman–Crippen MR) is 94.2 cm³/mol. The molecule has 6 nitrogen and oxygen atoms in total. The molecular weight excluding hydrogens is 326 g/mol. The average molecular weight is 345 g/mol. The zero-order valence-corrected chi connectivity index (χ0v) is 13.9. The molecule has 3 rings (SSSR count). The monoisotopic (exact) mass is 345 g/mol. The van der Waals surface area contributed by atoms with Crippen molar-refractivity contribution in [1.82, 2.24) is 5.32 Å². The molecule has 24 heavy (non-hydrogen) atoms. The molecule has 1 aliphatic heterocycles. The van der Waals surface area contributed by atoms with Crippen molar-refractivity contribution in [3.05, 3.63) is 46.7 Å². The highest BCUT2D eigenvalue weighted by Gasteiger charge is 2.23. The first-order chi connectivity index (χ1) is 11.7. The van der Waals surface area contributed by atoms with E-state index < -0.39 is 0 Å². The van der Waals surface area contributed by atoms with Crippen LogP contribution in [0.15, 0.2) is 41.8 Å². The van der Waals surface area contributed by atoms with Crippen molar-refractivity contribution in [3.8, 4) is 0 Å². The van der Waals surface area contributed by atoms with Crippen molar-refractivity contribution in [1.29, 1.82) is 0 Å². The summed E-state index contributed by atoms with van der Waals surface area (Å²) in [6, 6.07) is 10.6. The minimum atomic E-state index is -0.356. The van der Waals surface area contributed by atoms with Gasteiger partial charge in [0.25, 0.3) is 5.91 Å². The molecule has 0 aliphatic carbocycles. The summed E-state index contributed by atoms with van der Waals surface area (Å²) < 4.78 is 5.34. The first kappa shape index (κ1) is 16.5. The number of benzene rings is 1. The molecule has 7 heteroatoms. The van der Waals surface area contributed by atoms with Gasteiger partial charge in [-0.3, -0.25) is 4.79 Å². The fourth-order valence-corrected chi connectivity index (χ4v) is 3.04. The van der Waals surface area contributed by atoms with Crippen LogP contribution < -0.4 is 16.0 Å². The molecule has 1 unspecified atom stereocenters. The molecule has 1 aromatic heterocycles. The lowest BCUT2D eigenvalue weighted by molar-refractivity contribution is -0.124. The van der Waals surface area contributed by atoms with E-state index in [-0.39, 0.29) is 18.0 Å². The molecule has 3 N–H and O–H groups in total. The van der Waals surface area contributed by atoms with E-state index in [0.717, 1.165) is 17.7 Å². The van der Waals surface area contributed by atoms with Crippen LogP contribution in [0.25, 0.3) is 0 Å². The van der Waals surface area contributed by atoms with Crippen LogP contribution in [0.2, 0.25) is 0 Å². The Morgan fingerprint density at radius 2 is 1.88 bits per heavy atom. The molecule has 0 spiro atoms. The van der Waals surface area contributed by atoms with Gasteiger partial charge in [-0.1, -0.05) is 6.07 Å². The number of carbonyl (C=O) groups excluding carboxylic acids is 2. The van der Waals surface area contributed by atoms with E-state index in [0.29, 0.717) is 24.5 Å². The van der Waals surface area contributed by atoms with Gasteiger partial charge in [-0.2, -0.15) is 0 Å².